The summed E-state index contributed by atoms with van der Waals surface area (Å²) in [6.45, 7) is 2.17. The first-order valence-corrected chi connectivity index (χ1v) is 6.09. The van der Waals surface area contributed by atoms with Gasteiger partial charge in [0.15, 0.2) is 0 Å². The molecule has 2 atom stereocenters. The summed E-state index contributed by atoms with van der Waals surface area (Å²) in [5, 5.41) is 3.35. The Hall–Kier alpha value is -1.13. The molecular formula is C13H19FN2O. The van der Waals surface area contributed by atoms with Crippen LogP contribution in [0.1, 0.15) is 12.8 Å². The Balaban J connectivity index is 1.96. The van der Waals surface area contributed by atoms with Crippen LogP contribution in [0, 0.1) is 11.7 Å². The molecule has 3 N–H and O–H groups in total. The molecule has 3 nitrogen and oxygen atoms in total. The summed E-state index contributed by atoms with van der Waals surface area (Å²) in [6, 6.07) is 6.57. The number of hydrogen-bond donors (Lipinski definition) is 2. The van der Waals surface area contributed by atoms with Gasteiger partial charge in [-0.15, -0.1) is 0 Å². The summed E-state index contributed by atoms with van der Waals surface area (Å²) in [7, 11) is 0. The Morgan fingerprint density at radius 3 is 2.76 bits per heavy atom. The first-order valence-electron chi connectivity index (χ1n) is 6.09. The second-order valence-corrected chi connectivity index (χ2v) is 4.47. The average molecular weight is 238 g/mol. The van der Waals surface area contributed by atoms with Crippen LogP contribution in [0.5, 0.6) is 0 Å². The van der Waals surface area contributed by atoms with Crippen molar-refractivity contribution in [3.8, 4) is 0 Å². The van der Waals surface area contributed by atoms with Gasteiger partial charge in [-0.1, -0.05) is 0 Å². The lowest BCUT2D eigenvalue weighted by atomic mass is 9.93. The van der Waals surface area contributed by atoms with Gasteiger partial charge in [-0.05, 0) is 37.1 Å². The van der Waals surface area contributed by atoms with Crippen molar-refractivity contribution >= 4 is 5.69 Å². The molecule has 4 heteroatoms. The van der Waals surface area contributed by atoms with Gasteiger partial charge < -0.3 is 15.8 Å². The maximum absolute atomic E-state index is 12.8. The predicted octanol–water partition coefficient (Wildman–Crippen LogP) is 1.99. The normalized spacial score (nSPS) is 22.1. The molecule has 0 aliphatic carbocycles. The molecule has 2 unspecified atom stereocenters. The van der Waals surface area contributed by atoms with E-state index >= 15 is 0 Å². The first kappa shape index (κ1) is 12.3. The van der Waals surface area contributed by atoms with Gasteiger partial charge in [-0.25, -0.2) is 4.39 Å². The number of halogens is 1. The Labute approximate surface area is 101 Å². The fourth-order valence-corrected chi connectivity index (χ4v) is 2.21. The third kappa shape index (κ3) is 3.41. The lowest BCUT2D eigenvalue weighted by Gasteiger charge is -2.30. The average Bonchev–Trinajstić information content (AvgIpc) is 2.39. The van der Waals surface area contributed by atoms with E-state index in [1.807, 2.05) is 0 Å². The molecule has 2 rings (SSSR count). The van der Waals surface area contributed by atoms with E-state index in [-0.39, 0.29) is 11.9 Å². The number of rotatable bonds is 4. The number of anilines is 1. The highest BCUT2D eigenvalue weighted by Crippen LogP contribution is 2.20. The Morgan fingerprint density at radius 2 is 2.18 bits per heavy atom. The first-order chi connectivity index (χ1) is 8.29. The molecule has 0 aromatic heterocycles. The monoisotopic (exact) mass is 238 g/mol. The molecule has 17 heavy (non-hydrogen) atoms. The molecule has 1 aliphatic rings. The summed E-state index contributed by atoms with van der Waals surface area (Å²) in [4.78, 5) is 0. The predicted molar refractivity (Wildman–Crippen MR) is 66.4 cm³/mol. The van der Waals surface area contributed by atoms with Gasteiger partial charge in [0.05, 0.1) is 6.61 Å². The Kier molecular flexibility index (Phi) is 4.34. The van der Waals surface area contributed by atoms with Crippen LogP contribution in [0.3, 0.4) is 0 Å². The zero-order valence-corrected chi connectivity index (χ0v) is 9.86. The van der Waals surface area contributed by atoms with Crippen molar-refractivity contribution in [1.29, 1.82) is 0 Å². The van der Waals surface area contributed by atoms with Gasteiger partial charge >= 0.3 is 0 Å². The summed E-state index contributed by atoms with van der Waals surface area (Å²) < 4.78 is 18.3. The van der Waals surface area contributed by atoms with E-state index in [9.17, 15) is 4.39 Å². The lowest BCUT2D eigenvalue weighted by molar-refractivity contribution is 0.0485. The fourth-order valence-electron chi connectivity index (χ4n) is 2.21. The third-order valence-corrected chi connectivity index (χ3v) is 3.21. The van der Waals surface area contributed by atoms with Crippen molar-refractivity contribution in [2.75, 3.05) is 25.1 Å². The van der Waals surface area contributed by atoms with Gasteiger partial charge in [-0.2, -0.15) is 0 Å². The van der Waals surface area contributed by atoms with Gasteiger partial charge in [-0.3, -0.25) is 0 Å². The quantitative estimate of drug-likeness (QED) is 0.843. The van der Waals surface area contributed by atoms with E-state index in [2.05, 4.69) is 5.32 Å². The number of nitrogens with two attached hydrogens (primary N) is 1. The van der Waals surface area contributed by atoms with Gasteiger partial charge in [0, 0.05) is 30.8 Å². The van der Waals surface area contributed by atoms with Crippen molar-refractivity contribution in [2.45, 2.75) is 18.9 Å². The topological polar surface area (TPSA) is 47.3 Å². The molecule has 0 radical (unpaired) electrons. The SMILES string of the molecule is NCC(Nc1ccc(F)cc1)C1CCCOC1. The second-order valence-electron chi connectivity index (χ2n) is 4.47. The Bertz CT molecular complexity index is 336. The number of nitrogens with one attached hydrogen (secondary N) is 1. The van der Waals surface area contributed by atoms with Crippen molar-refractivity contribution in [3.63, 3.8) is 0 Å². The van der Waals surface area contributed by atoms with Crippen molar-refractivity contribution in [3.05, 3.63) is 30.1 Å². The minimum atomic E-state index is -0.221. The highest BCUT2D eigenvalue weighted by atomic mass is 19.1. The molecule has 1 aliphatic heterocycles. The summed E-state index contributed by atoms with van der Waals surface area (Å²) in [6.07, 6.45) is 2.22. The largest absolute Gasteiger partial charge is 0.381 e. The van der Waals surface area contributed by atoms with Crippen LogP contribution in [0.2, 0.25) is 0 Å². The lowest BCUT2D eigenvalue weighted by Crippen LogP contribution is -2.40. The molecule has 1 aromatic carbocycles. The summed E-state index contributed by atoms with van der Waals surface area (Å²) in [5.41, 5.74) is 6.70. The van der Waals surface area contributed by atoms with E-state index in [1.165, 1.54) is 12.1 Å². The van der Waals surface area contributed by atoms with E-state index < -0.39 is 0 Å². The molecule has 0 spiro atoms. The third-order valence-electron chi connectivity index (χ3n) is 3.21. The molecule has 0 bridgehead atoms. The van der Waals surface area contributed by atoms with E-state index in [0.29, 0.717) is 12.5 Å². The number of benzene rings is 1. The maximum atomic E-state index is 12.8. The van der Waals surface area contributed by atoms with Crippen molar-refractivity contribution in [2.24, 2.45) is 11.7 Å². The fraction of sp³-hybridized carbons (Fsp3) is 0.538. The molecule has 1 aromatic rings. The van der Waals surface area contributed by atoms with Crippen LogP contribution in [-0.2, 0) is 4.74 Å². The van der Waals surface area contributed by atoms with Crippen LogP contribution in [0.25, 0.3) is 0 Å². The molecule has 1 fully saturated rings. The van der Waals surface area contributed by atoms with E-state index in [4.69, 9.17) is 10.5 Å². The van der Waals surface area contributed by atoms with Crippen molar-refractivity contribution < 1.29 is 9.13 Å². The van der Waals surface area contributed by atoms with Gasteiger partial charge in [0.2, 0.25) is 0 Å². The molecular weight excluding hydrogens is 219 g/mol. The van der Waals surface area contributed by atoms with Crippen LogP contribution in [0.15, 0.2) is 24.3 Å². The molecule has 94 valence electrons. The highest BCUT2D eigenvalue weighted by molar-refractivity contribution is 5.44. The minimum Gasteiger partial charge on any atom is -0.381 e. The van der Waals surface area contributed by atoms with Crippen molar-refractivity contribution in [1.82, 2.24) is 0 Å². The molecule has 0 amide bonds. The Morgan fingerprint density at radius 1 is 1.41 bits per heavy atom. The maximum Gasteiger partial charge on any atom is 0.123 e. The van der Waals surface area contributed by atoms with Crippen LogP contribution in [0.4, 0.5) is 10.1 Å². The standard InChI is InChI=1S/C13H19FN2O/c14-11-3-5-12(6-4-11)16-13(8-15)10-2-1-7-17-9-10/h3-6,10,13,16H,1-2,7-9,15H2. The van der Waals surface area contributed by atoms with Crippen LogP contribution in [-0.4, -0.2) is 25.8 Å². The molecule has 1 saturated heterocycles. The second kappa shape index (κ2) is 5.98. The zero-order chi connectivity index (χ0) is 12.1. The summed E-state index contributed by atoms with van der Waals surface area (Å²) >= 11 is 0. The van der Waals surface area contributed by atoms with E-state index in [1.54, 1.807) is 12.1 Å². The van der Waals surface area contributed by atoms with Gasteiger partial charge in [0.25, 0.3) is 0 Å². The van der Waals surface area contributed by atoms with Crippen LogP contribution >= 0.6 is 0 Å². The zero-order valence-electron chi connectivity index (χ0n) is 9.86. The minimum absolute atomic E-state index is 0.195. The highest BCUT2D eigenvalue weighted by Gasteiger charge is 2.22. The summed E-state index contributed by atoms with van der Waals surface area (Å²) in [5.74, 6) is 0.222. The molecule has 0 saturated carbocycles. The number of ether oxygens (including phenoxy) is 1. The smallest absolute Gasteiger partial charge is 0.123 e. The molecule has 1 heterocycles. The van der Waals surface area contributed by atoms with Crippen LogP contribution < -0.4 is 11.1 Å². The van der Waals surface area contributed by atoms with Gasteiger partial charge in [0.1, 0.15) is 5.82 Å². The number of hydrogen-bond acceptors (Lipinski definition) is 3. The van der Waals surface area contributed by atoms with E-state index in [0.717, 1.165) is 31.7 Å².